The Hall–Kier alpha value is -2.52. The normalized spacial score (nSPS) is 18.6. The first kappa shape index (κ1) is 22.8. The number of benzene rings is 1. The smallest absolute Gasteiger partial charge is 0.329 e. The van der Waals surface area contributed by atoms with Gasteiger partial charge in [-0.15, -0.1) is 0 Å². The number of unbranched alkanes of at least 4 members (excludes halogenated alkanes) is 1. The van der Waals surface area contributed by atoms with Crippen molar-refractivity contribution in [3.05, 3.63) is 48.0 Å². The molecular formula is C20H26F2N2O5. The van der Waals surface area contributed by atoms with Crippen LogP contribution in [0.4, 0.5) is 13.6 Å². The highest BCUT2D eigenvalue weighted by Crippen LogP contribution is 2.32. The molecular weight excluding hydrogens is 386 g/mol. The minimum atomic E-state index is -3.45. The molecule has 7 nitrogen and oxygen atoms in total. The summed E-state index contributed by atoms with van der Waals surface area (Å²) in [6.07, 6.45) is 1.59. The molecule has 9 heteroatoms. The zero-order chi connectivity index (χ0) is 21.4. The summed E-state index contributed by atoms with van der Waals surface area (Å²) in [4.78, 5) is 25.7. The zero-order valence-electron chi connectivity index (χ0n) is 16.2. The van der Waals surface area contributed by atoms with Crippen LogP contribution in [-0.2, 0) is 15.5 Å². The predicted octanol–water partition coefficient (Wildman–Crippen LogP) is 2.31. The Labute approximate surface area is 168 Å². The van der Waals surface area contributed by atoms with Crippen LogP contribution in [-0.4, -0.2) is 77.5 Å². The molecule has 2 atom stereocenters. The van der Waals surface area contributed by atoms with Crippen molar-refractivity contribution in [2.45, 2.75) is 30.9 Å². The zero-order valence-corrected chi connectivity index (χ0v) is 16.2. The second kappa shape index (κ2) is 10.3. The first-order valence-electron chi connectivity index (χ1n) is 9.34. The number of carboxylic acid groups (broad SMARTS) is 1. The van der Waals surface area contributed by atoms with E-state index in [1.807, 2.05) is 0 Å². The predicted molar refractivity (Wildman–Crippen MR) is 102 cm³/mol. The van der Waals surface area contributed by atoms with E-state index in [1.54, 1.807) is 18.0 Å². The fourth-order valence-corrected chi connectivity index (χ4v) is 3.08. The Morgan fingerprint density at radius 3 is 2.69 bits per heavy atom. The van der Waals surface area contributed by atoms with Gasteiger partial charge in [0, 0.05) is 32.3 Å². The van der Waals surface area contributed by atoms with Crippen LogP contribution < -0.4 is 0 Å². The van der Waals surface area contributed by atoms with Crippen LogP contribution in [0.25, 0.3) is 0 Å². The number of carbonyl (C=O) groups is 2. The molecule has 1 aliphatic rings. The van der Waals surface area contributed by atoms with E-state index < -0.39 is 24.0 Å². The molecule has 160 valence electrons. The number of aliphatic hydroxyl groups is 1. The minimum Gasteiger partial charge on any atom is -0.480 e. The first-order valence-corrected chi connectivity index (χ1v) is 9.34. The molecule has 0 bridgehead atoms. The Bertz CT molecular complexity index is 714. The van der Waals surface area contributed by atoms with E-state index in [4.69, 9.17) is 9.84 Å². The molecule has 1 fully saturated rings. The van der Waals surface area contributed by atoms with Gasteiger partial charge in [0.1, 0.15) is 12.7 Å². The monoisotopic (exact) mass is 412 g/mol. The second-order valence-corrected chi connectivity index (χ2v) is 6.90. The van der Waals surface area contributed by atoms with Crippen LogP contribution in [0.2, 0.25) is 0 Å². The molecule has 1 aromatic rings. The number of hydrogen-bond acceptors (Lipinski definition) is 4. The molecule has 29 heavy (non-hydrogen) atoms. The van der Waals surface area contributed by atoms with Crippen molar-refractivity contribution < 1.29 is 33.3 Å². The van der Waals surface area contributed by atoms with Crippen LogP contribution >= 0.6 is 0 Å². The van der Waals surface area contributed by atoms with Crippen molar-refractivity contribution in [1.29, 1.82) is 0 Å². The van der Waals surface area contributed by atoms with Crippen molar-refractivity contribution in [2.75, 3.05) is 33.4 Å². The number of aliphatic carboxylic acids is 1. The van der Waals surface area contributed by atoms with Gasteiger partial charge in [-0.3, -0.25) is 0 Å². The maximum absolute atomic E-state index is 14.4. The lowest BCUT2D eigenvalue weighted by Gasteiger charge is -2.23. The summed E-state index contributed by atoms with van der Waals surface area (Å²) in [7, 11) is 1.62. The van der Waals surface area contributed by atoms with Gasteiger partial charge in [-0.25, -0.2) is 9.59 Å². The number of amides is 2. The van der Waals surface area contributed by atoms with Crippen molar-refractivity contribution in [2.24, 2.45) is 0 Å². The number of hydrogen-bond donors (Lipinski definition) is 2. The molecule has 1 heterocycles. The number of likely N-dealkylation sites (N-methyl/N-ethyl adjacent to an activating group) is 1. The van der Waals surface area contributed by atoms with Crippen molar-refractivity contribution >= 4 is 12.0 Å². The summed E-state index contributed by atoms with van der Waals surface area (Å²) in [6, 6.07) is 6.42. The molecule has 0 radical (unpaired) electrons. The van der Waals surface area contributed by atoms with Crippen LogP contribution in [0.1, 0.15) is 18.4 Å². The SMILES string of the molecule is CN1C[C@H](C=CC(O)C(F)(F)c2ccccc2)N(CCCCOCC(=O)O)C1=O. The highest BCUT2D eigenvalue weighted by molar-refractivity contribution is 5.77. The Morgan fingerprint density at radius 1 is 1.34 bits per heavy atom. The molecule has 2 rings (SSSR count). The molecule has 0 aromatic heterocycles. The summed E-state index contributed by atoms with van der Waals surface area (Å²) >= 11 is 0. The quantitative estimate of drug-likeness (QED) is 0.430. The molecule has 1 aliphatic heterocycles. The van der Waals surface area contributed by atoms with Gasteiger partial charge in [-0.2, -0.15) is 8.78 Å². The average molecular weight is 412 g/mol. The number of rotatable bonds is 11. The maximum atomic E-state index is 14.4. The van der Waals surface area contributed by atoms with Crippen molar-refractivity contribution in [3.63, 3.8) is 0 Å². The number of alkyl halides is 2. The van der Waals surface area contributed by atoms with E-state index in [-0.39, 0.29) is 24.8 Å². The van der Waals surface area contributed by atoms with Crippen LogP contribution in [0.15, 0.2) is 42.5 Å². The van der Waals surface area contributed by atoms with Crippen molar-refractivity contribution in [3.8, 4) is 0 Å². The highest BCUT2D eigenvalue weighted by Gasteiger charge is 2.39. The van der Waals surface area contributed by atoms with Gasteiger partial charge in [0.2, 0.25) is 0 Å². The van der Waals surface area contributed by atoms with Crippen LogP contribution in [0.5, 0.6) is 0 Å². The second-order valence-electron chi connectivity index (χ2n) is 6.90. The van der Waals surface area contributed by atoms with Gasteiger partial charge in [0.25, 0.3) is 0 Å². The first-order chi connectivity index (χ1) is 13.7. The standard InChI is InChI=1S/C20H26F2N2O5/c1-23-13-16(24(19(23)28)11-5-6-12-29-14-18(26)27)9-10-17(25)20(21,22)15-7-3-2-4-8-15/h2-4,7-10,16-17,25H,5-6,11-14H2,1H3,(H,26,27)/t16-,17?/m0/s1. The van der Waals surface area contributed by atoms with E-state index in [9.17, 15) is 23.5 Å². The maximum Gasteiger partial charge on any atom is 0.329 e. The summed E-state index contributed by atoms with van der Waals surface area (Å²) in [5, 5.41) is 18.5. The molecule has 1 saturated heterocycles. The molecule has 2 N–H and O–H groups in total. The number of urea groups is 1. The Kier molecular flexibility index (Phi) is 8.10. The summed E-state index contributed by atoms with van der Waals surface area (Å²) < 4.78 is 33.8. The van der Waals surface area contributed by atoms with Gasteiger partial charge in [0.15, 0.2) is 0 Å². The molecule has 1 unspecified atom stereocenters. The summed E-state index contributed by atoms with van der Waals surface area (Å²) in [6.45, 7) is 0.589. The van der Waals surface area contributed by atoms with E-state index >= 15 is 0 Å². The van der Waals surface area contributed by atoms with Crippen LogP contribution in [0.3, 0.4) is 0 Å². The molecule has 1 aromatic carbocycles. The number of halogens is 2. The third-order valence-electron chi connectivity index (χ3n) is 4.64. The molecule has 0 aliphatic carbocycles. The summed E-state index contributed by atoms with van der Waals surface area (Å²) in [5.41, 5.74) is -0.282. The van der Waals surface area contributed by atoms with Crippen LogP contribution in [0, 0.1) is 0 Å². The number of ether oxygens (including phenoxy) is 1. The number of carboxylic acids is 1. The Morgan fingerprint density at radius 2 is 2.03 bits per heavy atom. The number of aliphatic hydroxyl groups excluding tert-OH is 1. The van der Waals surface area contributed by atoms with E-state index in [0.29, 0.717) is 25.9 Å². The third-order valence-corrected chi connectivity index (χ3v) is 4.64. The average Bonchev–Trinajstić information content (AvgIpc) is 2.96. The number of nitrogens with zero attached hydrogens (tertiary/aromatic N) is 2. The molecule has 2 amide bonds. The summed E-state index contributed by atoms with van der Waals surface area (Å²) in [5.74, 6) is -4.49. The highest BCUT2D eigenvalue weighted by atomic mass is 19.3. The Balaban J connectivity index is 1.92. The lowest BCUT2D eigenvalue weighted by molar-refractivity contribution is -0.142. The lowest BCUT2D eigenvalue weighted by Crippen LogP contribution is -2.35. The number of carbonyl (C=O) groups excluding carboxylic acids is 1. The largest absolute Gasteiger partial charge is 0.480 e. The fraction of sp³-hybridized carbons (Fsp3) is 0.500. The van der Waals surface area contributed by atoms with Gasteiger partial charge >= 0.3 is 17.9 Å². The topological polar surface area (TPSA) is 90.3 Å². The van der Waals surface area contributed by atoms with Gasteiger partial charge in [-0.1, -0.05) is 42.5 Å². The minimum absolute atomic E-state index is 0.226. The fourth-order valence-electron chi connectivity index (χ4n) is 3.08. The third kappa shape index (κ3) is 6.23. The van der Waals surface area contributed by atoms with Gasteiger partial charge in [-0.05, 0) is 12.8 Å². The van der Waals surface area contributed by atoms with Gasteiger partial charge < -0.3 is 24.7 Å². The van der Waals surface area contributed by atoms with E-state index in [1.165, 1.54) is 35.2 Å². The van der Waals surface area contributed by atoms with Gasteiger partial charge in [0.05, 0.1) is 6.04 Å². The molecule has 0 saturated carbocycles. The van der Waals surface area contributed by atoms with Crippen molar-refractivity contribution in [1.82, 2.24) is 9.80 Å². The van der Waals surface area contributed by atoms with E-state index in [2.05, 4.69) is 0 Å². The lowest BCUT2D eigenvalue weighted by atomic mass is 10.0. The van der Waals surface area contributed by atoms with E-state index in [0.717, 1.165) is 6.08 Å². The molecule has 0 spiro atoms.